The van der Waals surface area contributed by atoms with Gasteiger partial charge in [-0.05, 0) is 41.0 Å². The molecular formula is C22H18BrN3OS. The predicted molar refractivity (Wildman–Crippen MR) is 121 cm³/mol. The Bertz CT molecular complexity index is 1070. The molecule has 0 radical (unpaired) electrons. The van der Waals surface area contributed by atoms with Gasteiger partial charge >= 0.3 is 0 Å². The van der Waals surface area contributed by atoms with Gasteiger partial charge in [0, 0.05) is 4.47 Å². The van der Waals surface area contributed by atoms with Crippen LogP contribution in [0, 0.1) is 0 Å². The van der Waals surface area contributed by atoms with E-state index in [4.69, 9.17) is 0 Å². The van der Waals surface area contributed by atoms with E-state index in [1.165, 1.54) is 17.1 Å². The summed E-state index contributed by atoms with van der Waals surface area (Å²) in [5, 5.41) is 11.4. The van der Waals surface area contributed by atoms with Crippen LogP contribution in [0.4, 0.5) is 0 Å². The first-order chi connectivity index (χ1) is 13.6. The van der Waals surface area contributed by atoms with Crippen LogP contribution in [-0.4, -0.2) is 27.4 Å². The van der Waals surface area contributed by atoms with Gasteiger partial charge in [0.25, 0.3) is 0 Å². The van der Waals surface area contributed by atoms with E-state index in [-0.39, 0.29) is 11.2 Å². The molecule has 140 valence electrons. The van der Waals surface area contributed by atoms with E-state index in [0.29, 0.717) is 11.7 Å². The van der Waals surface area contributed by atoms with E-state index < -0.39 is 0 Å². The molecular weight excluding hydrogens is 434 g/mol. The van der Waals surface area contributed by atoms with Crippen LogP contribution in [0.25, 0.3) is 10.8 Å². The van der Waals surface area contributed by atoms with Crippen LogP contribution in [0.2, 0.25) is 0 Å². The Labute approximate surface area is 176 Å². The third-order valence-electron chi connectivity index (χ3n) is 4.56. The normalized spacial score (nSPS) is 18.6. The van der Waals surface area contributed by atoms with Crippen LogP contribution in [0.5, 0.6) is 0 Å². The monoisotopic (exact) mass is 451 g/mol. The van der Waals surface area contributed by atoms with E-state index >= 15 is 0 Å². The third kappa shape index (κ3) is 4.03. The zero-order valence-electron chi connectivity index (χ0n) is 15.2. The van der Waals surface area contributed by atoms with Crippen molar-refractivity contribution in [2.45, 2.75) is 18.7 Å². The number of amides is 1. The second-order valence-corrected chi connectivity index (χ2v) is 8.73. The smallest absolute Gasteiger partial charge is 0.242 e. The van der Waals surface area contributed by atoms with Crippen molar-refractivity contribution < 1.29 is 4.79 Å². The molecule has 4 rings (SSSR count). The molecule has 3 aromatic rings. The first-order valence-electron chi connectivity index (χ1n) is 8.93. The summed E-state index contributed by atoms with van der Waals surface area (Å²) in [6, 6.07) is 22.2. The minimum absolute atomic E-state index is 0.0653. The largest absolute Gasteiger partial charge is 0.284 e. The summed E-state index contributed by atoms with van der Waals surface area (Å²) in [5.41, 5.74) is 2.06. The van der Waals surface area contributed by atoms with Crippen LogP contribution in [0.3, 0.4) is 0 Å². The zero-order valence-corrected chi connectivity index (χ0v) is 17.7. The van der Waals surface area contributed by atoms with Gasteiger partial charge < -0.3 is 0 Å². The van der Waals surface area contributed by atoms with Crippen molar-refractivity contribution in [2.24, 2.45) is 10.2 Å². The number of nitrogens with zero attached hydrogens (tertiary/aromatic N) is 3. The predicted octanol–water partition coefficient (Wildman–Crippen LogP) is 5.46. The van der Waals surface area contributed by atoms with Gasteiger partial charge in [-0.1, -0.05) is 82.3 Å². The Morgan fingerprint density at radius 2 is 1.82 bits per heavy atom. The van der Waals surface area contributed by atoms with Gasteiger partial charge in [-0.3, -0.25) is 9.69 Å². The van der Waals surface area contributed by atoms with Crippen molar-refractivity contribution in [3.63, 3.8) is 0 Å². The van der Waals surface area contributed by atoms with Crippen molar-refractivity contribution in [3.05, 3.63) is 82.3 Å². The van der Waals surface area contributed by atoms with E-state index in [9.17, 15) is 4.79 Å². The van der Waals surface area contributed by atoms with Gasteiger partial charge in [0.2, 0.25) is 5.91 Å². The summed E-state index contributed by atoms with van der Waals surface area (Å²) in [4.78, 5) is 14.4. The lowest BCUT2D eigenvalue weighted by atomic mass is 10.0. The molecule has 1 aliphatic rings. The molecule has 1 heterocycles. The highest BCUT2D eigenvalue weighted by Gasteiger charge is 2.35. The number of rotatable bonds is 4. The lowest BCUT2D eigenvalue weighted by Gasteiger charge is -2.17. The topological polar surface area (TPSA) is 45.0 Å². The van der Waals surface area contributed by atoms with E-state index in [0.717, 1.165) is 21.0 Å². The Morgan fingerprint density at radius 1 is 1.07 bits per heavy atom. The summed E-state index contributed by atoms with van der Waals surface area (Å²) in [5.74, 6) is 0.0653. The average molecular weight is 452 g/mol. The molecule has 4 nitrogen and oxygen atoms in total. The first kappa shape index (κ1) is 18.9. The standard InChI is InChI=1S/C22H18BrN3OS/c1-15-21(27)26(14-18-7-4-6-17-5-2-3-8-20(17)18)22(28-15)25-24-13-16-9-11-19(23)12-10-16/h2-13,15H,14H2,1H3/b24-13-,25-22-/t15-/m0/s1. The number of hydrogen-bond donors (Lipinski definition) is 0. The Hall–Kier alpha value is -2.44. The number of amidine groups is 1. The van der Waals surface area contributed by atoms with Crippen LogP contribution in [0.15, 0.2) is 81.4 Å². The van der Waals surface area contributed by atoms with Crippen molar-refractivity contribution in [2.75, 3.05) is 0 Å². The summed E-state index contributed by atoms with van der Waals surface area (Å²) in [6.45, 7) is 2.40. The lowest BCUT2D eigenvalue weighted by molar-refractivity contribution is -0.126. The SMILES string of the molecule is C[C@@H]1S/C(=N\N=C/c2ccc(Br)cc2)N(Cc2cccc3ccccc23)C1=O. The number of thioether (sulfide) groups is 1. The van der Waals surface area contributed by atoms with Crippen LogP contribution in [0.1, 0.15) is 18.1 Å². The second kappa shape index (κ2) is 8.29. The van der Waals surface area contributed by atoms with Crippen molar-refractivity contribution in [1.82, 2.24) is 4.90 Å². The molecule has 28 heavy (non-hydrogen) atoms. The van der Waals surface area contributed by atoms with E-state index in [1.54, 1.807) is 11.1 Å². The Morgan fingerprint density at radius 3 is 2.64 bits per heavy atom. The maximum absolute atomic E-state index is 12.7. The number of hydrogen-bond acceptors (Lipinski definition) is 4. The second-order valence-electron chi connectivity index (χ2n) is 6.50. The fraction of sp³-hybridized carbons (Fsp3) is 0.136. The zero-order chi connectivity index (χ0) is 19.5. The summed E-state index contributed by atoms with van der Waals surface area (Å²) < 4.78 is 1.02. The van der Waals surface area contributed by atoms with Gasteiger partial charge in [0.05, 0.1) is 18.0 Å². The van der Waals surface area contributed by atoms with Crippen molar-refractivity contribution in [1.29, 1.82) is 0 Å². The fourth-order valence-electron chi connectivity index (χ4n) is 3.10. The fourth-order valence-corrected chi connectivity index (χ4v) is 4.29. The Kier molecular flexibility index (Phi) is 5.59. The molecule has 0 N–H and O–H groups in total. The Balaban J connectivity index is 1.60. The van der Waals surface area contributed by atoms with E-state index in [1.807, 2.05) is 49.4 Å². The molecule has 0 unspecified atom stereocenters. The third-order valence-corrected chi connectivity index (χ3v) is 6.15. The highest BCUT2D eigenvalue weighted by atomic mass is 79.9. The van der Waals surface area contributed by atoms with Crippen LogP contribution >= 0.6 is 27.7 Å². The molecule has 1 amide bonds. The minimum Gasteiger partial charge on any atom is -0.284 e. The first-order valence-corrected chi connectivity index (χ1v) is 10.6. The van der Waals surface area contributed by atoms with Crippen molar-refractivity contribution in [3.8, 4) is 0 Å². The average Bonchev–Trinajstić information content (AvgIpc) is 2.97. The number of carbonyl (C=O) groups excluding carboxylic acids is 1. The molecule has 6 heteroatoms. The summed E-state index contributed by atoms with van der Waals surface area (Å²) >= 11 is 4.87. The number of carbonyl (C=O) groups is 1. The van der Waals surface area contributed by atoms with Gasteiger partial charge in [0.1, 0.15) is 0 Å². The number of halogens is 1. The molecule has 3 aromatic carbocycles. The van der Waals surface area contributed by atoms with Crippen molar-refractivity contribution >= 4 is 55.8 Å². The molecule has 1 atom stereocenters. The van der Waals surface area contributed by atoms with Gasteiger partial charge in [-0.15, -0.1) is 5.10 Å². The van der Waals surface area contributed by atoms with Gasteiger partial charge in [0.15, 0.2) is 5.17 Å². The lowest BCUT2D eigenvalue weighted by Crippen LogP contribution is -2.30. The summed E-state index contributed by atoms with van der Waals surface area (Å²) in [7, 11) is 0. The van der Waals surface area contributed by atoms with Gasteiger partial charge in [-0.2, -0.15) is 5.10 Å². The minimum atomic E-state index is -0.156. The summed E-state index contributed by atoms with van der Waals surface area (Å²) in [6.07, 6.45) is 1.70. The van der Waals surface area contributed by atoms with E-state index in [2.05, 4.69) is 50.4 Å². The van der Waals surface area contributed by atoms with Gasteiger partial charge in [-0.25, -0.2) is 0 Å². The highest BCUT2D eigenvalue weighted by molar-refractivity contribution is 9.10. The van der Waals surface area contributed by atoms with Crippen LogP contribution < -0.4 is 0 Å². The maximum Gasteiger partial charge on any atom is 0.242 e. The molecule has 0 bridgehead atoms. The highest BCUT2D eigenvalue weighted by Crippen LogP contribution is 2.30. The molecule has 0 aliphatic carbocycles. The quantitative estimate of drug-likeness (QED) is 0.390. The van der Waals surface area contributed by atoms with Crippen LogP contribution in [-0.2, 0) is 11.3 Å². The molecule has 1 aliphatic heterocycles. The molecule has 1 saturated heterocycles. The maximum atomic E-state index is 12.7. The molecule has 0 saturated carbocycles. The molecule has 0 aromatic heterocycles. The number of benzene rings is 3. The molecule has 1 fully saturated rings. The molecule has 0 spiro atoms. The number of fused-ring (bicyclic) bond motifs is 1.